The van der Waals surface area contributed by atoms with Crippen molar-refractivity contribution in [2.45, 2.75) is 63.8 Å². The Morgan fingerprint density at radius 3 is 2.29 bits per heavy atom. The van der Waals surface area contributed by atoms with Crippen LogP contribution in [0.2, 0.25) is 0 Å². The Morgan fingerprint density at radius 1 is 0.929 bits per heavy atom. The molecular weight excluding hydrogens is 170 g/mol. The zero-order valence-electron chi connectivity index (χ0n) is 9.23. The molecule has 3 saturated carbocycles. The lowest BCUT2D eigenvalue weighted by Gasteiger charge is -2.52. The predicted molar refractivity (Wildman–Crippen MR) is 59.3 cm³/mol. The highest BCUT2D eigenvalue weighted by atomic mass is 15.0. The second-order valence-corrected chi connectivity index (χ2v) is 5.87. The SMILES string of the molecule is C1CCC2(CC1)CCC2NCC1CC1. The average Bonchev–Trinajstić information content (AvgIpc) is 3.02. The van der Waals surface area contributed by atoms with E-state index in [1.165, 1.54) is 64.3 Å². The highest BCUT2D eigenvalue weighted by Crippen LogP contribution is 2.51. The van der Waals surface area contributed by atoms with E-state index in [1.807, 2.05) is 0 Å². The molecule has 0 aromatic heterocycles. The minimum atomic E-state index is 0.771. The van der Waals surface area contributed by atoms with E-state index in [-0.39, 0.29) is 0 Å². The van der Waals surface area contributed by atoms with E-state index < -0.39 is 0 Å². The van der Waals surface area contributed by atoms with Gasteiger partial charge in [-0.3, -0.25) is 0 Å². The van der Waals surface area contributed by atoms with E-state index >= 15 is 0 Å². The van der Waals surface area contributed by atoms with Gasteiger partial charge in [0.15, 0.2) is 0 Å². The maximum absolute atomic E-state index is 3.84. The summed E-state index contributed by atoms with van der Waals surface area (Å²) in [7, 11) is 0. The van der Waals surface area contributed by atoms with Gasteiger partial charge in [0.05, 0.1) is 0 Å². The molecule has 1 nitrogen and oxygen atoms in total. The molecule has 1 spiro atoms. The second kappa shape index (κ2) is 3.52. The van der Waals surface area contributed by atoms with Gasteiger partial charge in [0.25, 0.3) is 0 Å². The quantitative estimate of drug-likeness (QED) is 0.726. The zero-order valence-corrected chi connectivity index (χ0v) is 9.23. The number of rotatable bonds is 3. The Balaban J connectivity index is 1.52. The van der Waals surface area contributed by atoms with Gasteiger partial charge in [-0.1, -0.05) is 19.3 Å². The lowest BCUT2D eigenvalue weighted by molar-refractivity contribution is 0.0227. The lowest BCUT2D eigenvalue weighted by atomic mass is 9.57. The molecule has 3 fully saturated rings. The molecule has 3 aliphatic carbocycles. The second-order valence-electron chi connectivity index (χ2n) is 5.87. The Morgan fingerprint density at radius 2 is 1.71 bits per heavy atom. The van der Waals surface area contributed by atoms with E-state index in [1.54, 1.807) is 0 Å². The molecule has 0 bridgehead atoms. The minimum absolute atomic E-state index is 0.771. The fraction of sp³-hybridized carbons (Fsp3) is 1.00. The van der Waals surface area contributed by atoms with Crippen molar-refractivity contribution in [1.29, 1.82) is 0 Å². The first kappa shape index (κ1) is 9.21. The van der Waals surface area contributed by atoms with Crippen LogP contribution in [0.15, 0.2) is 0 Å². The van der Waals surface area contributed by atoms with Crippen LogP contribution >= 0.6 is 0 Å². The summed E-state index contributed by atoms with van der Waals surface area (Å²) in [6.45, 7) is 1.33. The van der Waals surface area contributed by atoms with Crippen LogP contribution in [0.3, 0.4) is 0 Å². The summed E-state index contributed by atoms with van der Waals surface area (Å²) in [5, 5.41) is 3.84. The summed E-state index contributed by atoms with van der Waals surface area (Å²) in [5.74, 6) is 1.05. The third kappa shape index (κ3) is 1.60. The molecule has 3 aliphatic rings. The highest BCUT2D eigenvalue weighted by Gasteiger charge is 2.46. The molecule has 0 saturated heterocycles. The van der Waals surface area contributed by atoms with Gasteiger partial charge in [-0.25, -0.2) is 0 Å². The fourth-order valence-corrected chi connectivity index (χ4v) is 3.50. The topological polar surface area (TPSA) is 12.0 Å². The van der Waals surface area contributed by atoms with E-state index in [4.69, 9.17) is 0 Å². The zero-order chi connectivity index (χ0) is 9.43. The molecule has 0 heterocycles. The number of hydrogen-bond donors (Lipinski definition) is 1. The van der Waals surface area contributed by atoms with Crippen LogP contribution in [0.25, 0.3) is 0 Å². The van der Waals surface area contributed by atoms with Crippen molar-refractivity contribution < 1.29 is 0 Å². The molecule has 1 unspecified atom stereocenters. The monoisotopic (exact) mass is 193 g/mol. The van der Waals surface area contributed by atoms with Crippen LogP contribution in [0, 0.1) is 11.3 Å². The number of nitrogens with one attached hydrogen (secondary N) is 1. The van der Waals surface area contributed by atoms with Crippen LogP contribution in [-0.2, 0) is 0 Å². The third-order valence-electron chi connectivity index (χ3n) is 4.87. The van der Waals surface area contributed by atoms with Crippen molar-refractivity contribution >= 4 is 0 Å². The van der Waals surface area contributed by atoms with E-state index in [2.05, 4.69) is 5.32 Å². The van der Waals surface area contributed by atoms with Gasteiger partial charge in [-0.2, -0.15) is 0 Å². The Labute approximate surface area is 87.7 Å². The summed E-state index contributed by atoms with van der Waals surface area (Å²) in [6.07, 6.45) is 13.5. The predicted octanol–water partition coefficient (Wildman–Crippen LogP) is 3.10. The summed E-state index contributed by atoms with van der Waals surface area (Å²) >= 11 is 0. The fourth-order valence-electron chi connectivity index (χ4n) is 3.50. The molecule has 0 aromatic rings. The average molecular weight is 193 g/mol. The van der Waals surface area contributed by atoms with E-state index in [0.29, 0.717) is 0 Å². The molecule has 0 aliphatic heterocycles. The maximum Gasteiger partial charge on any atom is 0.0124 e. The van der Waals surface area contributed by atoms with Crippen molar-refractivity contribution in [3.8, 4) is 0 Å². The van der Waals surface area contributed by atoms with Crippen molar-refractivity contribution in [3.05, 3.63) is 0 Å². The lowest BCUT2D eigenvalue weighted by Crippen LogP contribution is -2.54. The highest BCUT2D eigenvalue weighted by molar-refractivity contribution is 5.02. The van der Waals surface area contributed by atoms with E-state index in [9.17, 15) is 0 Å². The molecule has 1 atom stereocenters. The number of hydrogen-bond acceptors (Lipinski definition) is 1. The molecule has 80 valence electrons. The molecule has 14 heavy (non-hydrogen) atoms. The van der Waals surface area contributed by atoms with Gasteiger partial charge >= 0.3 is 0 Å². The molecule has 1 N–H and O–H groups in total. The summed E-state index contributed by atoms with van der Waals surface area (Å²) in [6, 6.07) is 0.906. The largest absolute Gasteiger partial charge is 0.313 e. The first-order chi connectivity index (χ1) is 6.89. The molecule has 3 rings (SSSR count). The first-order valence-electron chi connectivity index (χ1n) is 6.62. The summed E-state index contributed by atoms with van der Waals surface area (Å²) < 4.78 is 0. The summed E-state index contributed by atoms with van der Waals surface area (Å²) in [5.41, 5.74) is 0.771. The van der Waals surface area contributed by atoms with Crippen molar-refractivity contribution in [2.75, 3.05) is 6.54 Å². The Bertz CT molecular complexity index is 201. The van der Waals surface area contributed by atoms with Gasteiger partial charge in [0, 0.05) is 6.04 Å². The van der Waals surface area contributed by atoms with Gasteiger partial charge in [0.1, 0.15) is 0 Å². The van der Waals surface area contributed by atoms with Crippen molar-refractivity contribution in [2.24, 2.45) is 11.3 Å². The molecule has 0 aromatic carbocycles. The van der Waals surface area contributed by atoms with Gasteiger partial charge in [-0.05, 0) is 56.4 Å². The van der Waals surface area contributed by atoms with Gasteiger partial charge in [-0.15, -0.1) is 0 Å². The third-order valence-corrected chi connectivity index (χ3v) is 4.87. The van der Waals surface area contributed by atoms with Crippen LogP contribution in [0.1, 0.15) is 57.8 Å². The smallest absolute Gasteiger partial charge is 0.0124 e. The van der Waals surface area contributed by atoms with Gasteiger partial charge < -0.3 is 5.32 Å². The first-order valence-corrected chi connectivity index (χ1v) is 6.62. The van der Waals surface area contributed by atoms with Crippen LogP contribution in [0.4, 0.5) is 0 Å². The standard InChI is InChI=1S/C13H23N/c1-2-7-13(8-3-1)9-6-12(13)14-10-11-4-5-11/h11-12,14H,1-10H2. The van der Waals surface area contributed by atoms with Crippen molar-refractivity contribution in [1.82, 2.24) is 5.32 Å². The minimum Gasteiger partial charge on any atom is -0.313 e. The molecule has 0 radical (unpaired) electrons. The summed E-state index contributed by atoms with van der Waals surface area (Å²) in [4.78, 5) is 0. The van der Waals surface area contributed by atoms with Crippen LogP contribution in [0.5, 0.6) is 0 Å². The molecule has 1 heteroatoms. The normalized spacial score (nSPS) is 35.6. The Kier molecular flexibility index (Phi) is 2.31. The van der Waals surface area contributed by atoms with Crippen molar-refractivity contribution in [3.63, 3.8) is 0 Å². The maximum atomic E-state index is 3.84. The molecule has 0 amide bonds. The van der Waals surface area contributed by atoms with Gasteiger partial charge in [0.2, 0.25) is 0 Å². The van der Waals surface area contributed by atoms with Crippen LogP contribution < -0.4 is 5.32 Å². The Hall–Kier alpha value is -0.0400. The molecular formula is C13H23N. The van der Waals surface area contributed by atoms with E-state index in [0.717, 1.165) is 17.4 Å². The van der Waals surface area contributed by atoms with Crippen LogP contribution in [-0.4, -0.2) is 12.6 Å².